The maximum atomic E-state index is 13.2. The minimum Gasteiger partial charge on any atom is -0.724 e. The van der Waals surface area contributed by atoms with E-state index < -0.39 is 58.2 Å². The van der Waals surface area contributed by atoms with Crippen molar-refractivity contribution in [2.24, 2.45) is 29.6 Å². The van der Waals surface area contributed by atoms with E-state index >= 15 is 0 Å². The Morgan fingerprint density at radius 3 is 2.57 bits per heavy atom. The molecule has 0 spiro atoms. The van der Waals surface area contributed by atoms with Crippen molar-refractivity contribution in [3.8, 4) is 5.75 Å². The number of carboxylic acid groups (broad SMARTS) is 1. The number of carbonyl (C=O) groups excluding carboxylic acids is 2. The van der Waals surface area contributed by atoms with Crippen LogP contribution in [-0.4, -0.2) is 93.7 Å². The molecule has 1 aliphatic rings. The first-order valence-corrected chi connectivity index (χ1v) is 15.8. The Balaban J connectivity index is 1.49. The summed E-state index contributed by atoms with van der Waals surface area (Å²) in [6, 6.07) is 3.81. The first kappa shape index (κ1) is 34.5. The normalized spacial score (nSPS) is 17.2. The van der Waals surface area contributed by atoms with Gasteiger partial charge >= 0.3 is 5.97 Å². The highest BCUT2D eigenvalue weighted by molar-refractivity contribution is 7.80. The molecule has 0 bridgehead atoms. The summed E-state index contributed by atoms with van der Waals surface area (Å²) < 4.78 is 46.7. The third kappa shape index (κ3) is 7.51. The van der Waals surface area contributed by atoms with E-state index in [4.69, 9.17) is 26.8 Å². The quantitative estimate of drug-likeness (QED) is 0.0284. The standard InChI is InChI=1S/C25H33N9O10S2/c1-25(2)20(22(36)34(25)44-46(39,40)41)30-21(35)19(16-12-45-24(28)29-16)31-43-18(23(37)38)11-42-15-4-5-17-14(6-15)10-33(32(17)3)9-13(7-26)8-27/h4-6,10,12-13,18,20H,7-9,11,26-27H2,1-3H3,(H4-,28,29,30,35,37,38,39,40,41)/b31-19-/t18?,20-/m1/s1. The van der Waals surface area contributed by atoms with Gasteiger partial charge in [0.25, 0.3) is 17.9 Å². The van der Waals surface area contributed by atoms with E-state index in [-0.39, 0.29) is 16.7 Å². The van der Waals surface area contributed by atoms with E-state index in [1.807, 2.05) is 22.6 Å². The predicted octanol–water partition coefficient (Wildman–Crippen LogP) is -2.21. The number of fused-ring (bicyclic) bond motifs is 1. The second-order valence-corrected chi connectivity index (χ2v) is 12.6. The predicted molar refractivity (Wildman–Crippen MR) is 159 cm³/mol. The molecule has 19 nitrogen and oxygen atoms in total. The van der Waals surface area contributed by atoms with Crippen LogP contribution in [0.15, 0.2) is 34.9 Å². The van der Waals surface area contributed by atoms with Crippen molar-refractivity contribution >= 4 is 61.3 Å². The van der Waals surface area contributed by atoms with Gasteiger partial charge in [-0.2, -0.15) is 14.0 Å². The number of nitrogens with zero attached hydrogens (tertiary/aromatic N) is 5. The smallest absolute Gasteiger partial charge is 0.351 e. The van der Waals surface area contributed by atoms with E-state index in [1.165, 1.54) is 19.2 Å². The summed E-state index contributed by atoms with van der Waals surface area (Å²) >= 11 is 0.950. The number of thiazole rings is 1. The summed E-state index contributed by atoms with van der Waals surface area (Å²) in [4.78, 5) is 46.9. The Bertz CT molecular complexity index is 1770. The molecule has 1 fully saturated rings. The number of nitrogen functional groups attached to an aromatic ring is 1. The van der Waals surface area contributed by atoms with Crippen LogP contribution in [-0.2, 0) is 47.5 Å². The Labute approximate surface area is 266 Å². The molecule has 3 aromatic rings. The van der Waals surface area contributed by atoms with Crippen LogP contribution in [0.25, 0.3) is 10.9 Å². The zero-order valence-electron chi connectivity index (χ0n) is 24.9. The topological polar surface area (TPSA) is 284 Å². The van der Waals surface area contributed by atoms with Crippen molar-refractivity contribution in [3.63, 3.8) is 0 Å². The molecule has 8 N–H and O–H groups in total. The summed E-state index contributed by atoms with van der Waals surface area (Å²) in [7, 11) is -3.39. The number of rotatable bonds is 15. The van der Waals surface area contributed by atoms with Gasteiger partial charge in [-0.1, -0.05) is 5.16 Å². The van der Waals surface area contributed by atoms with Crippen LogP contribution in [0.2, 0.25) is 0 Å². The summed E-state index contributed by atoms with van der Waals surface area (Å²) in [6.07, 6.45) is 0.192. The fourth-order valence-corrected chi connectivity index (χ4v) is 5.54. The molecule has 2 amide bonds. The molecule has 250 valence electrons. The van der Waals surface area contributed by atoms with Crippen LogP contribution in [0.3, 0.4) is 0 Å². The van der Waals surface area contributed by atoms with E-state index in [1.54, 1.807) is 18.2 Å². The van der Waals surface area contributed by atoms with E-state index in [0.29, 0.717) is 30.4 Å². The lowest BCUT2D eigenvalue weighted by Gasteiger charge is -2.51. The SMILES string of the molecule is C[n+]1c2ccc(OCC(O/N=C(\C(=O)N[C@@H]3C(=O)N(OS(=O)(=O)[O-])C3(C)C)c3csc(N)n3)C(=O)O)cc2cn1CC(CN)CN. The van der Waals surface area contributed by atoms with Crippen LogP contribution in [0, 0.1) is 5.92 Å². The number of carbonyl (C=O) groups is 3. The molecule has 3 heterocycles. The first-order valence-electron chi connectivity index (χ1n) is 13.6. The van der Waals surface area contributed by atoms with Crippen molar-refractivity contribution in [1.82, 2.24) is 20.0 Å². The van der Waals surface area contributed by atoms with Gasteiger partial charge in [-0.05, 0) is 39.1 Å². The molecule has 0 saturated carbocycles. The average Bonchev–Trinajstić information content (AvgIpc) is 3.55. The number of nitrogens with two attached hydrogens (primary N) is 3. The Hall–Kier alpha value is -4.41. The highest BCUT2D eigenvalue weighted by Gasteiger charge is 2.57. The fourth-order valence-electron chi connectivity index (χ4n) is 4.54. The Morgan fingerprint density at radius 2 is 2.00 bits per heavy atom. The molecule has 0 aliphatic carbocycles. The number of carboxylic acids is 1. The first-order chi connectivity index (χ1) is 21.5. The third-order valence-corrected chi connectivity index (χ3v) is 8.18. The summed E-state index contributed by atoms with van der Waals surface area (Å²) in [5, 5.41) is 18.3. The second kappa shape index (κ2) is 13.5. The second-order valence-electron chi connectivity index (χ2n) is 10.8. The number of aryl methyl sites for hydroxylation is 1. The van der Waals surface area contributed by atoms with Crippen molar-refractivity contribution in [3.05, 3.63) is 35.5 Å². The average molecular weight is 684 g/mol. The fraction of sp³-hybridized carbons (Fsp3) is 0.440. The number of aliphatic carboxylic acids is 1. The van der Waals surface area contributed by atoms with Gasteiger partial charge in [-0.3, -0.25) is 9.59 Å². The number of ether oxygens (including phenoxy) is 1. The maximum Gasteiger partial charge on any atom is 0.351 e. The number of aromatic nitrogens is 3. The van der Waals surface area contributed by atoms with Gasteiger partial charge in [0.15, 0.2) is 17.9 Å². The van der Waals surface area contributed by atoms with Crippen LogP contribution >= 0.6 is 11.3 Å². The van der Waals surface area contributed by atoms with Crippen molar-refractivity contribution in [2.75, 3.05) is 25.4 Å². The lowest BCUT2D eigenvalue weighted by molar-refractivity contribution is -0.731. The van der Waals surface area contributed by atoms with Gasteiger partial charge in [0, 0.05) is 17.4 Å². The van der Waals surface area contributed by atoms with Gasteiger partial charge in [0.05, 0.1) is 23.7 Å². The summed E-state index contributed by atoms with van der Waals surface area (Å²) in [5.74, 6) is -3.12. The number of nitrogens with one attached hydrogen (secondary N) is 1. The zero-order valence-corrected chi connectivity index (χ0v) is 26.5. The lowest BCUT2D eigenvalue weighted by atomic mass is 9.84. The van der Waals surface area contributed by atoms with Crippen LogP contribution in [0.5, 0.6) is 5.75 Å². The Kier molecular flexibility index (Phi) is 10.1. The molecule has 21 heteroatoms. The molecule has 1 aromatic carbocycles. The largest absolute Gasteiger partial charge is 0.724 e. The van der Waals surface area contributed by atoms with Crippen LogP contribution < -0.4 is 31.9 Å². The van der Waals surface area contributed by atoms with Crippen LogP contribution in [0.4, 0.5) is 5.13 Å². The van der Waals surface area contributed by atoms with Crippen LogP contribution in [0.1, 0.15) is 19.5 Å². The number of anilines is 1. The highest BCUT2D eigenvalue weighted by atomic mass is 32.3. The molecule has 0 radical (unpaired) electrons. The molecule has 46 heavy (non-hydrogen) atoms. The molecule has 2 atom stereocenters. The number of hydrogen-bond acceptors (Lipinski definition) is 15. The molecule has 4 rings (SSSR count). The number of hydrogen-bond donors (Lipinski definition) is 5. The number of benzene rings is 1. The maximum absolute atomic E-state index is 13.2. The highest BCUT2D eigenvalue weighted by Crippen LogP contribution is 2.33. The summed E-state index contributed by atoms with van der Waals surface area (Å²) in [6.45, 7) is 3.60. The van der Waals surface area contributed by atoms with Gasteiger partial charge in [0.2, 0.25) is 15.9 Å². The van der Waals surface area contributed by atoms with Gasteiger partial charge in [-0.15, -0.1) is 16.0 Å². The monoisotopic (exact) mass is 683 g/mol. The van der Waals surface area contributed by atoms with E-state index in [2.05, 4.69) is 19.7 Å². The number of amides is 2. The molecule has 1 saturated heterocycles. The number of oxime groups is 1. The van der Waals surface area contributed by atoms with E-state index in [9.17, 15) is 32.5 Å². The Morgan fingerprint density at radius 1 is 1.30 bits per heavy atom. The molecular formula is C25H33N9O10S2. The lowest BCUT2D eigenvalue weighted by Crippen LogP contribution is -2.76. The van der Waals surface area contributed by atoms with Crippen molar-refractivity contribution in [2.45, 2.75) is 38.1 Å². The minimum atomic E-state index is -5.27. The number of hydroxylamine groups is 2. The third-order valence-electron chi connectivity index (χ3n) is 7.18. The molecular weight excluding hydrogens is 650 g/mol. The molecule has 1 aliphatic heterocycles. The van der Waals surface area contributed by atoms with Crippen molar-refractivity contribution < 1.29 is 51.0 Å². The minimum absolute atomic E-state index is 0.0492. The molecule has 2 aromatic heterocycles. The van der Waals surface area contributed by atoms with E-state index in [0.717, 1.165) is 22.2 Å². The van der Waals surface area contributed by atoms with Crippen molar-refractivity contribution in [1.29, 1.82) is 0 Å². The summed E-state index contributed by atoms with van der Waals surface area (Å²) in [5.41, 5.74) is 16.0. The van der Waals surface area contributed by atoms with Gasteiger partial charge in [-0.25, -0.2) is 18.2 Å². The molecule has 1 unspecified atom stereocenters. The van der Waals surface area contributed by atoms with Gasteiger partial charge < -0.3 is 41.8 Å². The number of β-lactam (4-membered cyclic amide) rings is 1. The zero-order chi connectivity index (χ0) is 34.0. The van der Waals surface area contributed by atoms with Gasteiger partial charge in [0.1, 0.15) is 24.1 Å².